The lowest BCUT2D eigenvalue weighted by Crippen LogP contribution is -2.13. The van der Waals surface area contributed by atoms with E-state index in [9.17, 15) is 13.8 Å². The van der Waals surface area contributed by atoms with E-state index in [1.54, 1.807) is 42.5 Å². The zero-order valence-corrected chi connectivity index (χ0v) is 20.2. The molecule has 0 spiro atoms. The second kappa shape index (κ2) is 12.7. The minimum absolute atomic E-state index is 0.0699. The lowest BCUT2D eigenvalue weighted by Gasteiger charge is -2.13. The third-order valence-electron chi connectivity index (χ3n) is 4.55. The maximum atomic E-state index is 12.1. The minimum atomic E-state index is -0.598. The lowest BCUT2D eigenvalue weighted by atomic mass is 10.1. The molecule has 10 heteroatoms. The van der Waals surface area contributed by atoms with Crippen LogP contribution in [-0.2, 0) is 20.8 Å². The number of carbonyl (C=O) groups excluding carboxylic acids is 2. The molecule has 0 fully saturated rings. The van der Waals surface area contributed by atoms with Gasteiger partial charge in [0.1, 0.15) is 23.0 Å². The number of halogens is 1. The van der Waals surface area contributed by atoms with Gasteiger partial charge in [0.2, 0.25) is 11.1 Å². The highest BCUT2D eigenvalue weighted by molar-refractivity contribution is 7.67. The Kier molecular flexibility index (Phi) is 9.96. The van der Waals surface area contributed by atoms with Crippen molar-refractivity contribution in [2.24, 2.45) is 0 Å². The average molecular weight is 494 g/mol. The van der Waals surface area contributed by atoms with Gasteiger partial charge in [0.15, 0.2) is 0 Å². The number of allylic oxidation sites excluding steroid dienone is 1. The van der Waals surface area contributed by atoms with Crippen molar-refractivity contribution >= 4 is 50.6 Å². The summed E-state index contributed by atoms with van der Waals surface area (Å²) >= 11 is 5.59. The Morgan fingerprint density at radius 3 is 2.09 bits per heavy atom. The molecule has 0 aromatic heterocycles. The Morgan fingerprint density at radius 1 is 0.939 bits per heavy atom. The molecule has 2 rings (SSSR count). The maximum Gasteiger partial charge on any atom is 0.224 e. The molecule has 0 aliphatic rings. The van der Waals surface area contributed by atoms with Gasteiger partial charge in [-0.2, -0.15) is 0 Å². The summed E-state index contributed by atoms with van der Waals surface area (Å²) in [5, 5.41) is 2.08. The summed E-state index contributed by atoms with van der Waals surface area (Å²) in [5.74, 6) is 1.58. The van der Waals surface area contributed by atoms with Crippen LogP contribution in [-0.4, -0.2) is 48.7 Å². The molecule has 0 heterocycles. The molecule has 0 saturated carbocycles. The van der Waals surface area contributed by atoms with E-state index in [2.05, 4.69) is 5.32 Å². The summed E-state index contributed by atoms with van der Waals surface area (Å²) in [6, 6.07) is 8.37. The van der Waals surface area contributed by atoms with Crippen molar-refractivity contribution < 1.29 is 32.7 Å². The maximum absolute atomic E-state index is 12.1. The van der Waals surface area contributed by atoms with Gasteiger partial charge in [-0.1, -0.05) is 0 Å². The van der Waals surface area contributed by atoms with Crippen molar-refractivity contribution in [1.82, 2.24) is 0 Å². The highest BCUT2D eigenvalue weighted by Gasteiger charge is 2.14. The van der Waals surface area contributed by atoms with Crippen molar-refractivity contribution in [2.75, 3.05) is 33.8 Å². The molecule has 2 aromatic rings. The molecule has 1 amide bonds. The highest BCUT2D eigenvalue weighted by atomic mass is 35.5. The molecule has 33 heavy (non-hydrogen) atoms. The largest absolute Gasteiger partial charge is 0.496 e. The molecule has 0 radical (unpaired) electrons. The van der Waals surface area contributed by atoms with E-state index in [-0.39, 0.29) is 24.1 Å². The second-order valence-corrected chi connectivity index (χ2v) is 7.57. The van der Waals surface area contributed by atoms with E-state index >= 15 is 0 Å². The zero-order chi connectivity index (χ0) is 24.4. The molecule has 0 atom stereocenters. The molecule has 8 nitrogen and oxygen atoms in total. The van der Waals surface area contributed by atoms with Crippen LogP contribution in [0.15, 0.2) is 36.4 Å². The van der Waals surface area contributed by atoms with Crippen LogP contribution in [0.4, 0.5) is 5.69 Å². The number of benzene rings is 2. The van der Waals surface area contributed by atoms with Gasteiger partial charge in [-0.3, -0.25) is 9.59 Å². The van der Waals surface area contributed by atoms with E-state index < -0.39 is 11.1 Å². The van der Waals surface area contributed by atoms with Crippen LogP contribution in [0.2, 0.25) is 0 Å². The summed E-state index contributed by atoms with van der Waals surface area (Å²) in [5.41, 5.74) is 1.55. The molecule has 176 valence electrons. The number of rotatable bonds is 11. The van der Waals surface area contributed by atoms with Crippen LogP contribution in [0.25, 0.3) is 6.08 Å². The summed E-state index contributed by atoms with van der Waals surface area (Å²) in [4.78, 5) is 23.4. The summed E-state index contributed by atoms with van der Waals surface area (Å²) in [6.45, 7) is 0. The molecular formula is C23H24ClNO7S. The molecule has 2 aromatic carbocycles. The first-order chi connectivity index (χ1) is 15.9. The first-order valence-electron chi connectivity index (χ1n) is 9.68. The van der Waals surface area contributed by atoms with E-state index in [0.29, 0.717) is 44.7 Å². The number of hydrogen-bond acceptors (Lipinski definition) is 7. The van der Waals surface area contributed by atoms with Crippen LogP contribution >= 0.6 is 11.6 Å². The Bertz CT molecular complexity index is 1080. The second-order valence-electron chi connectivity index (χ2n) is 6.54. The average Bonchev–Trinajstić information content (AvgIpc) is 2.82. The Morgan fingerprint density at radius 2 is 1.58 bits per heavy atom. The first-order valence-corrected chi connectivity index (χ1v) is 10.8. The van der Waals surface area contributed by atoms with Crippen molar-refractivity contribution in [3.05, 3.63) is 47.5 Å². The van der Waals surface area contributed by atoms with Gasteiger partial charge in [-0.15, -0.1) is 0 Å². The molecule has 1 N–H and O–H groups in total. The van der Waals surface area contributed by atoms with E-state index in [0.717, 1.165) is 0 Å². The van der Waals surface area contributed by atoms with Gasteiger partial charge in [0.05, 0.1) is 55.8 Å². The molecule has 0 aliphatic heterocycles. The number of anilines is 1. The van der Waals surface area contributed by atoms with Gasteiger partial charge in [0.25, 0.3) is 0 Å². The summed E-state index contributed by atoms with van der Waals surface area (Å²) in [6.07, 6.45) is 3.17. The summed E-state index contributed by atoms with van der Waals surface area (Å²) < 4.78 is 33.3. The predicted molar refractivity (Wildman–Crippen MR) is 129 cm³/mol. The molecule has 0 unspecified atom stereocenters. The van der Waals surface area contributed by atoms with E-state index in [1.807, 2.05) is 0 Å². The number of amides is 1. The Labute approximate surface area is 200 Å². The molecule has 0 bridgehead atoms. The van der Waals surface area contributed by atoms with Crippen molar-refractivity contribution in [3.8, 4) is 23.0 Å². The van der Waals surface area contributed by atoms with Gasteiger partial charge in [-0.25, -0.2) is 4.21 Å². The number of carbonyl (C=O) groups is 2. The van der Waals surface area contributed by atoms with Gasteiger partial charge in [-0.05, 0) is 47.5 Å². The molecular weight excluding hydrogens is 470 g/mol. The van der Waals surface area contributed by atoms with Gasteiger partial charge < -0.3 is 24.3 Å². The fourth-order valence-corrected chi connectivity index (χ4v) is 3.35. The standard InChI is InChI=1S/C23H24ClNO7S/c1-29-15-12-19(31-3)16(20(13-15)32-4)6-8-21(33-28)14-5-7-18(30-2)17(11-14)25-23(27)10-9-22(24)26/h5-8,11-13H,9-10H2,1-4H3,(H,25,27). The van der Waals surface area contributed by atoms with E-state index in [1.165, 1.54) is 28.4 Å². The Hall–Kier alpha value is -3.30. The summed E-state index contributed by atoms with van der Waals surface area (Å²) in [7, 11) is 6.04. The van der Waals surface area contributed by atoms with Crippen LogP contribution < -0.4 is 24.3 Å². The first kappa shape index (κ1) is 26.0. The monoisotopic (exact) mass is 493 g/mol. The van der Waals surface area contributed by atoms with Gasteiger partial charge >= 0.3 is 0 Å². The quantitative estimate of drug-likeness (QED) is 0.221. The number of ether oxygens (including phenoxy) is 4. The van der Waals surface area contributed by atoms with Crippen LogP contribution in [0.5, 0.6) is 23.0 Å². The highest BCUT2D eigenvalue weighted by Crippen LogP contribution is 2.35. The molecule has 0 saturated heterocycles. The third-order valence-corrected chi connectivity index (χ3v) is 5.29. The number of hydrogen-bond donors (Lipinski definition) is 1. The topological polar surface area (TPSA) is 100 Å². The SMILES string of the molecule is COc1cc(OC)c(C=CC(=S=O)c2ccc(OC)c(NC(=O)CCC(=O)Cl)c2)c(OC)c1. The lowest BCUT2D eigenvalue weighted by molar-refractivity contribution is -0.119. The van der Waals surface area contributed by atoms with Crippen LogP contribution in [0.3, 0.4) is 0 Å². The smallest absolute Gasteiger partial charge is 0.224 e. The van der Waals surface area contributed by atoms with Gasteiger partial charge in [0, 0.05) is 25.0 Å². The third kappa shape index (κ3) is 7.10. The van der Waals surface area contributed by atoms with Crippen molar-refractivity contribution in [1.29, 1.82) is 0 Å². The number of nitrogens with one attached hydrogen (secondary N) is 1. The molecule has 0 aliphatic carbocycles. The minimum Gasteiger partial charge on any atom is -0.496 e. The van der Waals surface area contributed by atoms with Crippen molar-refractivity contribution in [2.45, 2.75) is 12.8 Å². The van der Waals surface area contributed by atoms with Crippen LogP contribution in [0, 0.1) is 0 Å². The number of methoxy groups -OCH3 is 4. The predicted octanol–water partition coefficient (Wildman–Crippen LogP) is 3.65. The fraction of sp³-hybridized carbons (Fsp3) is 0.261. The van der Waals surface area contributed by atoms with Crippen LogP contribution in [0.1, 0.15) is 24.0 Å². The van der Waals surface area contributed by atoms with Crippen molar-refractivity contribution in [3.63, 3.8) is 0 Å². The fourth-order valence-electron chi connectivity index (χ4n) is 2.91. The Balaban J connectivity index is 2.38. The normalized spacial score (nSPS) is 10.5. The zero-order valence-electron chi connectivity index (χ0n) is 18.6. The van der Waals surface area contributed by atoms with E-state index in [4.69, 9.17) is 30.5 Å².